The van der Waals surface area contributed by atoms with Gasteiger partial charge in [0.25, 0.3) is 10.0 Å². The average Bonchev–Trinajstić information content (AvgIpc) is 2.83. The molecule has 0 atom stereocenters. The van der Waals surface area contributed by atoms with Crippen molar-refractivity contribution in [1.82, 2.24) is 9.78 Å². The zero-order valence-corrected chi connectivity index (χ0v) is 12.8. The molecular weight excluding hydrogens is 295 g/mol. The molecule has 114 valence electrons. The van der Waals surface area contributed by atoms with Crippen molar-refractivity contribution in [2.75, 3.05) is 10.5 Å². The van der Waals surface area contributed by atoms with Gasteiger partial charge in [-0.1, -0.05) is 0 Å². The zero-order chi connectivity index (χ0) is 15.8. The van der Waals surface area contributed by atoms with Crippen molar-refractivity contribution in [2.45, 2.75) is 31.7 Å². The fourth-order valence-electron chi connectivity index (χ4n) is 1.72. The molecule has 2 rings (SSSR count). The van der Waals surface area contributed by atoms with Crippen molar-refractivity contribution < 1.29 is 12.8 Å². The summed E-state index contributed by atoms with van der Waals surface area (Å²) in [5, 5.41) is 4.03. The summed E-state index contributed by atoms with van der Waals surface area (Å²) in [6.45, 7) is 5.32. The lowest BCUT2D eigenvalue weighted by Gasteiger charge is -2.09. The molecule has 0 spiro atoms. The van der Waals surface area contributed by atoms with E-state index in [1.54, 1.807) is 10.9 Å². The highest BCUT2D eigenvalue weighted by Gasteiger charge is 2.18. The molecule has 0 fully saturated rings. The molecule has 0 aliphatic rings. The van der Waals surface area contributed by atoms with Crippen molar-refractivity contribution in [3.63, 3.8) is 0 Å². The van der Waals surface area contributed by atoms with Crippen molar-refractivity contribution in [1.29, 1.82) is 0 Å². The number of anilines is 2. The van der Waals surface area contributed by atoms with Crippen LogP contribution in [0, 0.1) is 12.7 Å². The van der Waals surface area contributed by atoms with Crippen molar-refractivity contribution in [3.05, 3.63) is 35.9 Å². The second kappa shape index (κ2) is 5.36. The molecule has 0 unspecified atom stereocenters. The number of nitrogens with two attached hydrogens (primary N) is 1. The number of halogens is 1. The number of nitrogens with one attached hydrogen (secondary N) is 1. The number of aromatic nitrogens is 2. The summed E-state index contributed by atoms with van der Waals surface area (Å²) in [4.78, 5) is -0.222. The van der Waals surface area contributed by atoms with Crippen molar-refractivity contribution in [3.8, 4) is 0 Å². The second-order valence-electron chi connectivity index (χ2n) is 5.03. The van der Waals surface area contributed by atoms with Crippen molar-refractivity contribution >= 4 is 21.4 Å². The summed E-state index contributed by atoms with van der Waals surface area (Å²) in [7, 11) is -3.91. The van der Waals surface area contributed by atoms with Gasteiger partial charge in [0.05, 0.1) is 16.8 Å². The molecule has 0 radical (unpaired) electrons. The first kappa shape index (κ1) is 15.3. The van der Waals surface area contributed by atoms with Gasteiger partial charge in [0.1, 0.15) is 5.82 Å². The van der Waals surface area contributed by atoms with Crippen LogP contribution < -0.4 is 10.5 Å². The minimum atomic E-state index is -3.91. The van der Waals surface area contributed by atoms with Crippen LogP contribution in [0.4, 0.5) is 15.8 Å². The summed E-state index contributed by atoms with van der Waals surface area (Å²) in [5.41, 5.74) is 6.23. The Morgan fingerprint density at radius 2 is 2.05 bits per heavy atom. The lowest BCUT2D eigenvalue weighted by molar-refractivity contribution is 0.532. The van der Waals surface area contributed by atoms with E-state index in [-0.39, 0.29) is 22.2 Å². The number of sulfonamides is 1. The van der Waals surface area contributed by atoms with Gasteiger partial charge >= 0.3 is 0 Å². The van der Waals surface area contributed by atoms with Crippen LogP contribution in [0.3, 0.4) is 0 Å². The van der Waals surface area contributed by atoms with Crippen LogP contribution in [-0.4, -0.2) is 18.2 Å². The van der Waals surface area contributed by atoms with Crippen LogP contribution in [0.2, 0.25) is 0 Å². The molecule has 0 aliphatic heterocycles. The Morgan fingerprint density at radius 3 is 2.57 bits per heavy atom. The van der Waals surface area contributed by atoms with Gasteiger partial charge < -0.3 is 5.73 Å². The van der Waals surface area contributed by atoms with E-state index in [9.17, 15) is 12.8 Å². The monoisotopic (exact) mass is 312 g/mol. The molecule has 1 aromatic carbocycles. The van der Waals surface area contributed by atoms with Crippen LogP contribution in [-0.2, 0) is 10.0 Å². The zero-order valence-electron chi connectivity index (χ0n) is 12.0. The molecule has 0 saturated heterocycles. The maximum Gasteiger partial charge on any atom is 0.262 e. The van der Waals surface area contributed by atoms with Crippen LogP contribution in [0.5, 0.6) is 0 Å². The van der Waals surface area contributed by atoms with E-state index in [1.165, 1.54) is 19.2 Å². The Bertz CT molecular complexity index is 745. The Kier molecular flexibility index (Phi) is 3.91. The third-order valence-electron chi connectivity index (χ3n) is 3.05. The standard InChI is InChI=1S/C13H17FN4O2S/c1-8(2)18-7-10(6-16-18)17-21(19,20)11-4-12(14)9(3)13(15)5-11/h4-8,17H,15H2,1-3H3. The molecule has 2 aromatic rings. The van der Waals surface area contributed by atoms with Crippen LogP contribution in [0.1, 0.15) is 25.5 Å². The normalized spacial score (nSPS) is 11.9. The maximum atomic E-state index is 13.6. The summed E-state index contributed by atoms with van der Waals surface area (Å²) in [6.07, 6.45) is 2.96. The highest BCUT2D eigenvalue weighted by Crippen LogP contribution is 2.23. The maximum absolute atomic E-state index is 13.6. The number of hydrogen-bond donors (Lipinski definition) is 2. The van der Waals surface area contributed by atoms with Gasteiger partial charge in [-0.05, 0) is 32.9 Å². The van der Waals surface area contributed by atoms with Gasteiger partial charge in [0.2, 0.25) is 0 Å². The number of hydrogen-bond acceptors (Lipinski definition) is 4. The SMILES string of the molecule is Cc1c(N)cc(S(=O)(=O)Nc2cnn(C(C)C)c2)cc1F. The van der Waals surface area contributed by atoms with Crippen LogP contribution in [0.25, 0.3) is 0 Å². The van der Waals surface area contributed by atoms with Crippen LogP contribution >= 0.6 is 0 Å². The molecule has 8 heteroatoms. The van der Waals surface area contributed by atoms with Gasteiger partial charge in [0, 0.05) is 23.5 Å². The topological polar surface area (TPSA) is 90.0 Å². The predicted molar refractivity (Wildman–Crippen MR) is 79.0 cm³/mol. The Hall–Kier alpha value is -2.09. The van der Waals surface area contributed by atoms with Crippen molar-refractivity contribution in [2.24, 2.45) is 0 Å². The Balaban J connectivity index is 2.33. The summed E-state index contributed by atoms with van der Waals surface area (Å²) < 4.78 is 42.0. The van der Waals surface area contributed by atoms with Gasteiger partial charge in [0.15, 0.2) is 0 Å². The highest BCUT2D eigenvalue weighted by atomic mass is 32.2. The van der Waals surface area contributed by atoms with E-state index >= 15 is 0 Å². The molecule has 1 heterocycles. The van der Waals surface area contributed by atoms with E-state index in [0.29, 0.717) is 5.69 Å². The molecule has 0 saturated carbocycles. The molecule has 21 heavy (non-hydrogen) atoms. The molecular formula is C13H17FN4O2S. The van der Waals surface area contributed by atoms with E-state index in [2.05, 4.69) is 9.82 Å². The smallest absolute Gasteiger partial charge is 0.262 e. The molecule has 3 N–H and O–H groups in total. The Morgan fingerprint density at radius 1 is 1.38 bits per heavy atom. The minimum absolute atomic E-state index is 0.0910. The molecule has 0 amide bonds. The largest absolute Gasteiger partial charge is 0.398 e. The molecule has 1 aromatic heterocycles. The third kappa shape index (κ3) is 3.15. The first-order valence-electron chi connectivity index (χ1n) is 6.33. The highest BCUT2D eigenvalue weighted by molar-refractivity contribution is 7.92. The fourth-order valence-corrected chi connectivity index (χ4v) is 2.79. The average molecular weight is 312 g/mol. The van der Waals surface area contributed by atoms with E-state index in [1.807, 2.05) is 13.8 Å². The first-order chi connectivity index (χ1) is 9.70. The fraction of sp³-hybridized carbons (Fsp3) is 0.308. The molecule has 0 aliphatic carbocycles. The lowest BCUT2D eigenvalue weighted by atomic mass is 10.2. The number of nitrogen functional groups attached to an aromatic ring is 1. The van der Waals surface area contributed by atoms with Gasteiger partial charge in [-0.3, -0.25) is 9.40 Å². The quantitative estimate of drug-likeness (QED) is 0.848. The molecule has 6 nitrogen and oxygen atoms in total. The second-order valence-corrected chi connectivity index (χ2v) is 6.71. The van der Waals surface area contributed by atoms with Gasteiger partial charge in [-0.2, -0.15) is 5.10 Å². The number of nitrogens with zero attached hydrogens (tertiary/aromatic N) is 2. The summed E-state index contributed by atoms with van der Waals surface area (Å²) >= 11 is 0. The van der Waals surface area contributed by atoms with E-state index in [0.717, 1.165) is 6.07 Å². The first-order valence-corrected chi connectivity index (χ1v) is 7.81. The predicted octanol–water partition coefficient (Wildman–Crippen LogP) is 2.29. The Labute approximate surface area is 122 Å². The minimum Gasteiger partial charge on any atom is -0.398 e. The molecule has 0 bridgehead atoms. The van der Waals surface area contributed by atoms with E-state index < -0.39 is 15.8 Å². The summed E-state index contributed by atoms with van der Waals surface area (Å²) in [6, 6.07) is 2.28. The lowest BCUT2D eigenvalue weighted by Crippen LogP contribution is -2.14. The van der Waals surface area contributed by atoms with E-state index in [4.69, 9.17) is 5.73 Å². The van der Waals surface area contributed by atoms with Gasteiger partial charge in [-0.15, -0.1) is 0 Å². The summed E-state index contributed by atoms with van der Waals surface area (Å²) in [5.74, 6) is -0.659. The number of benzene rings is 1. The van der Waals surface area contributed by atoms with Crippen LogP contribution in [0.15, 0.2) is 29.4 Å². The number of rotatable bonds is 4. The van der Waals surface area contributed by atoms with Gasteiger partial charge in [-0.25, -0.2) is 12.8 Å². The third-order valence-corrected chi connectivity index (χ3v) is 4.41.